The average Bonchev–Trinajstić information content (AvgIpc) is 2.98. The summed E-state index contributed by atoms with van der Waals surface area (Å²) in [6.45, 7) is 3.77. The van der Waals surface area contributed by atoms with Crippen molar-refractivity contribution in [1.82, 2.24) is 9.88 Å². The number of carbonyl (C=O) groups excluding carboxylic acids is 1. The van der Waals surface area contributed by atoms with Crippen LogP contribution in [0, 0.1) is 12.8 Å². The van der Waals surface area contributed by atoms with Gasteiger partial charge in [-0.05, 0) is 51.4 Å². The number of urea groups is 1. The summed E-state index contributed by atoms with van der Waals surface area (Å²) >= 11 is 0.798. The third-order valence-corrected chi connectivity index (χ3v) is 8.30. The van der Waals surface area contributed by atoms with Crippen LogP contribution >= 0.6 is 11.3 Å². The smallest absolute Gasteiger partial charge is 0.319 e. The molecule has 0 aromatic carbocycles. The van der Waals surface area contributed by atoms with Gasteiger partial charge in [0.1, 0.15) is 0 Å². The summed E-state index contributed by atoms with van der Waals surface area (Å²) in [7, 11) is -4.32. The van der Waals surface area contributed by atoms with E-state index in [0.717, 1.165) is 62.7 Å². The molecule has 0 unspecified atom stereocenters. The van der Waals surface area contributed by atoms with Gasteiger partial charge in [-0.1, -0.05) is 37.5 Å². The molecule has 0 saturated heterocycles. The topological polar surface area (TPSA) is 99.6 Å². The minimum absolute atomic E-state index is 0.197. The lowest BCUT2D eigenvalue weighted by molar-refractivity contribution is 0.105. The first-order valence-corrected chi connectivity index (χ1v) is 12.1. The molecule has 0 bridgehead atoms. The Morgan fingerprint density at radius 3 is 2.26 bits per heavy atom. The quantitative estimate of drug-likeness (QED) is 0.708. The first kappa shape index (κ1) is 20.5. The first-order chi connectivity index (χ1) is 12.8. The Hall–Kier alpha value is -1.19. The maximum atomic E-state index is 13.1. The summed E-state index contributed by atoms with van der Waals surface area (Å²) in [4.78, 5) is 19.3. The third kappa shape index (κ3) is 5.00. The van der Waals surface area contributed by atoms with E-state index in [9.17, 15) is 17.8 Å². The highest BCUT2D eigenvalue weighted by molar-refractivity contribution is 7.88. The Balaban J connectivity index is 1.78. The fraction of sp³-hybridized carbons (Fsp3) is 0.778. The SMILES string of the molecule is Cc1nc(NC(=O)N(C2CCCCC2)C2CCC(C)CC2)sc1S(=O)(=O)O. The van der Waals surface area contributed by atoms with Crippen LogP contribution in [-0.4, -0.2) is 41.0 Å². The van der Waals surface area contributed by atoms with Crippen LogP contribution in [0.2, 0.25) is 0 Å². The molecule has 1 aromatic rings. The van der Waals surface area contributed by atoms with Crippen LogP contribution in [-0.2, 0) is 10.1 Å². The molecule has 2 N–H and O–H groups in total. The van der Waals surface area contributed by atoms with Crippen molar-refractivity contribution >= 4 is 32.6 Å². The normalized spacial score (nSPS) is 24.6. The van der Waals surface area contributed by atoms with E-state index in [-0.39, 0.29) is 33.1 Å². The van der Waals surface area contributed by atoms with Crippen LogP contribution in [0.15, 0.2) is 4.21 Å². The third-order valence-electron chi connectivity index (χ3n) is 5.78. The van der Waals surface area contributed by atoms with Crippen LogP contribution in [0.5, 0.6) is 0 Å². The highest BCUT2D eigenvalue weighted by atomic mass is 32.3. The molecule has 1 aromatic heterocycles. The summed E-state index contributed by atoms with van der Waals surface area (Å²) in [6.07, 6.45) is 9.82. The Kier molecular flexibility index (Phi) is 6.43. The Labute approximate surface area is 165 Å². The lowest BCUT2D eigenvalue weighted by Gasteiger charge is -2.42. The fourth-order valence-corrected chi connectivity index (χ4v) is 6.11. The summed E-state index contributed by atoms with van der Waals surface area (Å²) in [5, 5.41) is 3.02. The van der Waals surface area contributed by atoms with Crippen molar-refractivity contribution in [2.24, 2.45) is 5.92 Å². The molecule has 0 atom stereocenters. The number of carbonyl (C=O) groups is 1. The zero-order valence-corrected chi connectivity index (χ0v) is 17.6. The van der Waals surface area contributed by atoms with Gasteiger partial charge in [0.2, 0.25) is 0 Å². The molecule has 152 valence electrons. The molecule has 9 heteroatoms. The number of aryl methyl sites for hydroxylation is 1. The minimum Gasteiger partial charge on any atom is -0.319 e. The zero-order valence-electron chi connectivity index (χ0n) is 16.0. The van der Waals surface area contributed by atoms with E-state index in [1.54, 1.807) is 0 Å². The van der Waals surface area contributed by atoms with Crippen molar-refractivity contribution < 1.29 is 17.8 Å². The molecule has 2 fully saturated rings. The van der Waals surface area contributed by atoms with E-state index >= 15 is 0 Å². The van der Waals surface area contributed by atoms with Crippen LogP contribution in [0.3, 0.4) is 0 Å². The fourth-order valence-electron chi connectivity index (χ4n) is 4.34. The van der Waals surface area contributed by atoms with E-state index < -0.39 is 10.1 Å². The Morgan fingerprint density at radius 2 is 1.70 bits per heavy atom. The van der Waals surface area contributed by atoms with Gasteiger partial charge >= 0.3 is 16.1 Å². The number of hydrogen-bond acceptors (Lipinski definition) is 5. The highest BCUT2D eigenvalue weighted by Crippen LogP contribution is 2.33. The van der Waals surface area contributed by atoms with E-state index in [1.807, 2.05) is 4.90 Å². The zero-order chi connectivity index (χ0) is 19.6. The summed E-state index contributed by atoms with van der Waals surface area (Å²) in [5.74, 6) is 0.705. The molecule has 2 aliphatic carbocycles. The maximum absolute atomic E-state index is 13.1. The number of aromatic nitrogens is 1. The van der Waals surface area contributed by atoms with Gasteiger partial charge in [0, 0.05) is 12.1 Å². The van der Waals surface area contributed by atoms with E-state index in [0.29, 0.717) is 5.92 Å². The van der Waals surface area contributed by atoms with Crippen LogP contribution in [0.1, 0.15) is 70.4 Å². The van der Waals surface area contributed by atoms with E-state index in [1.165, 1.54) is 13.3 Å². The molecule has 3 rings (SSSR count). The Bertz CT molecular complexity index is 764. The molecular weight excluding hydrogens is 386 g/mol. The van der Waals surface area contributed by atoms with Gasteiger partial charge in [-0.3, -0.25) is 9.87 Å². The molecule has 0 radical (unpaired) electrons. The van der Waals surface area contributed by atoms with Gasteiger partial charge in [0.25, 0.3) is 0 Å². The van der Waals surface area contributed by atoms with Crippen LogP contribution in [0.4, 0.5) is 9.93 Å². The average molecular weight is 416 g/mol. The van der Waals surface area contributed by atoms with Crippen molar-refractivity contribution in [2.45, 2.75) is 87.9 Å². The second-order valence-electron chi connectivity index (χ2n) is 7.91. The summed E-state index contributed by atoms with van der Waals surface area (Å²) < 4.78 is 31.9. The Morgan fingerprint density at radius 1 is 1.11 bits per heavy atom. The van der Waals surface area contributed by atoms with E-state index in [4.69, 9.17) is 0 Å². The summed E-state index contributed by atoms with van der Waals surface area (Å²) in [6, 6.07) is 0.266. The van der Waals surface area contributed by atoms with Crippen LogP contribution < -0.4 is 5.32 Å². The van der Waals surface area contributed by atoms with Crippen LogP contribution in [0.25, 0.3) is 0 Å². The molecule has 2 saturated carbocycles. The number of nitrogens with zero attached hydrogens (tertiary/aromatic N) is 2. The van der Waals surface area contributed by atoms with Crippen molar-refractivity contribution in [3.05, 3.63) is 5.69 Å². The van der Waals surface area contributed by atoms with Gasteiger partial charge in [-0.15, -0.1) is 0 Å². The second-order valence-corrected chi connectivity index (χ2v) is 10.5. The number of amides is 2. The highest BCUT2D eigenvalue weighted by Gasteiger charge is 2.34. The molecule has 0 spiro atoms. The predicted octanol–water partition coefficient (Wildman–Crippen LogP) is 4.44. The number of thiazole rings is 1. The molecule has 27 heavy (non-hydrogen) atoms. The molecule has 1 heterocycles. The summed E-state index contributed by atoms with van der Waals surface area (Å²) in [5.41, 5.74) is 0.202. The van der Waals surface area contributed by atoms with Crippen molar-refractivity contribution in [2.75, 3.05) is 5.32 Å². The lowest BCUT2D eigenvalue weighted by Crippen LogP contribution is -2.51. The maximum Gasteiger partial charge on any atom is 0.324 e. The minimum atomic E-state index is -4.32. The van der Waals surface area contributed by atoms with Crippen molar-refractivity contribution in [3.63, 3.8) is 0 Å². The first-order valence-electron chi connectivity index (χ1n) is 9.80. The number of rotatable bonds is 4. The number of anilines is 1. The number of hydrogen-bond donors (Lipinski definition) is 2. The van der Waals surface area contributed by atoms with Gasteiger partial charge in [-0.25, -0.2) is 9.78 Å². The molecular formula is C18H29N3O4S2. The predicted molar refractivity (Wildman–Crippen MR) is 106 cm³/mol. The lowest BCUT2D eigenvalue weighted by atomic mass is 9.84. The standard InChI is InChI=1S/C18H29N3O4S2/c1-12-8-10-15(11-9-12)21(14-6-4-3-5-7-14)18(22)20-17-19-13(2)16(26-17)27(23,24)25/h12,14-15H,3-11H2,1-2H3,(H,19,20,22)(H,23,24,25). The molecule has 2 aliphatic rings. The van der Waals surface area contributed by atoms with Gasteiger partial charge in [0.15, 0.2) is 9.34 Å². The van der Waals surface area contributed by atoms with Gasteiger partial charge in [-0.2, -0.15) is 8.42 Å². The second kappa shape index (κ2) is 8.45. The largest absolute Gasteiger partial charge is 0.324 e. The number of nitrogens with one attached hydrogen (secondary N) is 1. The molecule has 2 amide bonds. The molecule has 0 aliphatic heterocycles. The van der Waals surface area contributed by atoms with Crippen molar-refractivity contribution in [1.29, 1.82) is 0 Å². The van der Waals surface area contributed by atoms with Gasteiger partial charge < -0.3 is 4.90 Å². The van der Waals surface area contributed by atoms with E-state index in [2.05, 4.69) is 17.2 Å². The van der Waals surface area contributed by atoms with Crippen molar-refractivity contribution in [3.8, 4) is 0 Å². The van der Waals surface area contributed by atoms with Gasteiger partial charge in [0.05, 0.1) is 5.69 Å². The monoisotopic (exact) mass is 415 g/mol. The molecule has 7 nitrogen and oxygen atoms in total.